The molecular weight excluding hydrogens is 569 g/mol. The van der Waals surface area contributed by atoms with E-state index < -0.39 is 17.3 Å². The molecule has 0 radical (unpaired) electrons. The minimum absolute atomic E-state index is 0.0578. The summed E-state index contributed by atoms with van der Waals surface area (Å²) in [6.07, 6.45) is 1.02. The van der Waals surface area contributed by atoms with Crippen LogP contribution in [-0.2, 0) is 24.0 Å². The number of hydrogen-bond donors (Lipinski definition) is 1. The molecule has 0 unspecified atom stereocenters. The van der Waals surface area contributed by atoms with Crippen LogP contribution < -0.4 is 5.32 Å². The van der Waals surface area contributed by atoms with Crippen LogP contribution in [0, 0.1) is 5.92 Å². The Bertz CT molecular complexity index is 1250. The molecule has 0 atom stereocenters. The van der Waals surface area contributed by atoms with Crippen LogP contribution in [0.15, 0.2) is 48.5 Å². The normalized spacial score (nSPS) is 20.0. The van der Waals surface area contributed by atoms with Gasteiger partial charge in [-0.05, 0) is 54.2 Å². The van der Waals surface area contributed by atoms with Crippen molar-refractivity contribution >= 4 is 12.0 Å². The van der Waals surface area contributed by atoms with E-state index in [2.05, 4.69) is 29.0 Å². The second-order valence-electron chi connectivity index (χ2n) is 12.8. The van der Waals surface area contributed by atoms with Gasteiger partial charge in [0.15, 0.2) is 0 Å². The third-order valence-corrected chi connectivity index (χ3v) is 9.68. The summed E-state index contributed by atoms with van der Waals surface area (Å²) in [6, 6.07) is 12.9. The minimum atomic E-state index is -4.34. The number of nitrogens with zero attached hydrogens (tertiary/aromatic N) is 3. The van der Waals surface area contributed by atoms with Crippen LogP contribution in [0.3, 0.4) is 0 Å². The van der Waals surface area contributed by atoms with Crippen molar-refractivity contribution in [2.45, 2.75) is 83.3 Å². The molecule has 2 aromatic carbocycles. The molecule has 3 aliphatic heterocycles. The third kappa shape index (κ3) is 8.13. The summed E-state index contributed by atoms with van der Waals surface area (Å²) in [7, 11) is 0. The van der Waals surface area contributed by atoms with Gasteiger partial charge >= 0.3 is 12.3 Å². The number of benzene rings is 2. The molecule has 44 heavy (non-hydrogen) atoms. The van der Waals surface area contributed by atoms with Crippen molar-refractivity contribution in [3.05, 3.63) is 70.8 Å². The lowest BCUT2D eigenvalue weighted by Crippen LogP contribution is -2.46. The largest absolute Gasteiger partial charge is 0.441 e. The van der Waals surface area contributed by atoms with Crippen LogP contribution in [0.25, 0.3) is 0 Å². The Morgan fingerprint density at radius 2 is 1.50 bits per heavy atom. The number of rotatable bonds is 10. The lowest BCUT2D eigenvalue weighted by molar-refractivity contribution is -0.137. The van der Waals surface area contributed by atoms with Crippen LogP contribution in [0.5, 0.6) is 0 Å². The SMILES string of the molecule is CCC(CC)CN1CCC(NC(=O)c2ccc(CN3CC4(CCN(Cc5ccc(C(F)(F)F)cc5)CC4)OC3=O)cc2)CC1. The van der Waals surface area contributed by atoms with Crippen LogP contribution in [0.2, 0.25) is 0 Å². The van der Waals surface area contributed by atoms with Crippen molar-refractivity contribution in [3.63, 3.8) is 0 Å². The average Bonchev–Trinajstić information content (AvgIpc) is 3.31. The zero-order chi connectivity index (χ0) is 31.3. The van der Waals surface area contributed by atoms with E-state index in [0.717, 1.165) is 61.7 Å². The van der Waals surface area contributed by atoms with Gasteiger partial charge in [-0.3, -0.25) is 14.6 Å². The lowest BCUT2D eigenvalue weighted by atomic mass is 9.91. The van der Waals surface area contributed by atoms with Gasteiger partial charge in [0.1, 0.15) is 5.60 Å². The van der Waals surface area contributed by atoms with Gasteiger partial charge in [-0.1, -0.05) is 51.0 Å². The molecule has 1 spiro atoms. The second kappa shape index (κ2) is 13.9. The fourth-order valence-electron chi connectivity index (χ4n) is 6.67. The zero-order valence-electron chi connectivity index (χ0n) is 25.9. The number of halogens is 3. The summed E-state index contributed by atoms with van der Waals surface area (Å²) in [6.45, 7) is 10.5. The van der Waals surface area contributed by atoms with Gasteiger partial charge in [0.2, 0.25) is 0 Å². The Balaban J connectivity index is 1.06. The van der Waals surface area contributed by atoms with E-state index >= 15 is 0 Å². The Kier molecular flexibility index (Phi) is 10.2. The summed E-state index contributed by atoms with van der Waals surface area (Å²) in [5.41, 5.74) is 1.19. The van der Waals surface area contributed by atoms with Crippen molar-refractivity contribution < 1.29 is 27.5 Å². The molecule has 3 heterocycles. The number of amides is 2. The molecule has 2 aromatic rings. The standard InChI is InChI=1S/C34H45F3N4O3/c1-3-25(4-2)21-39-17-13-30(14-18-39)38-31(42)28-9-5-27(6-10-28)23-41-24-33(44-32(41)43)15-19-40(20-16-33)22-26-7-11-29(12-8-26)34(35,36)37/h5-12,25,30H,3-4,13-24H2,1-2H3,(H,38,42). The van der Waals surface area contributed by atoms with Crippen molar-refractivity contribution in [3.8, 4) is 0 Å². The van der Waals surface area contributed by atoms with E-state index in [4.69, 9.17) is 4.74 Å². The molecule has 0 saturated carbocycles. The van der Waals surface area contributed by atoms with Gasteiger partial charge in [0.25, 0.3) is 5.91 Å². The quantitative estimate of drug-likeness (QED) is 0.339. The first kappa shape index (κ1) is 32.3. The molecule has 5 rings (SSSR count). The van der Waals surface area contributed by atoms with Crippen molar-refractivity contribution in [2.75, 3.05) is 39.3 Å². The highest BCUT2D eigenvalue weighted by atomic mass is 19.4. The molecule has 10 heteroatoms. The summed E-state index contributed by atoms with van der Waals surface area (Å²) in [5.74, 6) is 0.687. The Morgan fingerprint density at radius 1 is 0.909 bits per heavy atom. The molecule has 0 bridgehead atoms. The fourth-order valence-corrected chi connectivity index (χ4v) is 6.67. The smallest absolute Gasteiger partial charge is 0.416 e. The first-order valence-corrected chi connectivity index (χ1v) is 16.0. The minimum Gasteiger partial charge on any atom is -0.441 e. The molecule has 7 nitrogen and oxygen atoms in total. The summed E-state index contributed by atoms with van der Waals surface area (Å²) in [5, 5.41) is 3.20. The van der Waals surface area contributed by atoms with E-state index in [1.807, 2.05) is 24.3 Å². The van der Waals surface area contributed by atoms with Gasteiger partial charge in [0.05, 0.1) is 12.1 Å². The van der Waals surface area contributed by atoms with Crippen LogP contribution in [0.1, 0.15) is 79.4 Å². The van der Waals surface area contributed by atoms with Crippen molar-refractivity contribution in [2.24, 2.45) is 5.92 Å². The Labute approximate surface area is 258 Å². The molecular formula is C34H45F3N4O3. The van der Waals surface area contributed by atoms with Gasteiger partial charge in [-0.15, -0.1) is 0 Å². The highest BCUT2D eigenvalue weighted by molar-refractivity contribution is 5.94. The molecule has 1 N–H and O–H groups in total. The van der Waals surface area contributed by atoms with Crippen LogP contribution >= 0.6 is 0 Å². The second-order valence-corrected chi connectivity index (χ2v) is 12.8. The third-order valence-electron chi connectivity index (χ3n) is 9.68. The molecule has 240 valence electrons. The maximum absolute atomic E-state index is 12.9. The van der Waals surface area contributed by atoms with Gasteiger partial charge in [0, 0.05) is 70.3 Å². The Morgan fingerprint density at radius 3 is 2.09 bits per heavy atom. The number of carbonyl (C=O) groups excluding carboxylic acids is 2. The number of piperidine rings is 2. The maximum atomic E-state index is 12.9. The van der Waals surface area contributed by atoms with E-state index in [1.54, 1.807) is 4.90 Å². The monoisotopic (exact) mass is 614 g/mol. The number of hydrogen-bond acceptors (Lipinski definition) is 5. The van der Waals surface area contributed by atoms with E-state index in [-0.39, 0.29) is 18.0 Å². The first-order chi connectivity index (χ1) is 21.1. The lowest BCUT2D eigenvalue weighted by Gasteiger charge is -2.37. The average molecular weight is 615 g/mol. The topological polar surface area (TPSA) is 65.1 Å². The molecule has 3 fully saturated rings. The highest BCUT2D eigenvalue weighted by Crippen LogP contribution is 2.35. The summed E-state index contributed by atoms with van der Waals surface area (Å²) < 4.78 is 44.5. The Hall–Kier alpha value is -3.11. The zero-order valence-corrected chi connectivity index (χ0v) is 25.9. The van der Waals surface area contributed by atoms with Gasteiger partial charge < -0.3 is 15.0 Å². The number of likely N-dealkylation sites (tertiary alicyclic amines) is 2. The predicted octanol–water partition coefficient (Wildman–Crippen LogP) is 6.32. The number of nitrogens with one attached hydrogen (secondary N) is 1. The highest BCUT2D eigenvalue weighted by Gasteiger charge is 2.46. The first-order valence-electron chi connectivity index (χ1n) is 16.0. The van der Waals surface area contributed by atoms with E-state index in [0.29, 0.717) is 51.1 Å². The molecule has 3 aliphatic rings. The predicted molar refractivity (Wildman–Crippen MR) is 163 cm³/mol. The van der Waals surface area contributed by atoms with E-state index in [9.17, 15) is 22.8 Å². The van der Waals surface area contributed by atoms with Crippen LogP contribution in [0.4, 0.5) is 18.0 Å². The van der Waals surface area contributed by atoms with Crippen molar-refractivity contribution in [1.29, 1.82) is 0 Å². The maximum Gasteiger partial charge on any atom is 0.416 e. The fraction of sp³-hybridized carbons (Fsp3) is 0.588. The van der Waals surface area contributed by atoms with E-state index in [1.165, 1.54) is 25.0 Å². The molecule has 2 amide bonds. The summed E-state index contributed by atoms with van der Waals surface area (Å²) in [4.78, 5) is 32.1. The van der Waals surface area contributed by atoms with Crippen LogP contribution in [-0.4, -0.2) is 77.6 Å². The molecule has 0 aliphatic carbocycles. The number of carbonyl (C=O) groups is 2. The molecule has 3 saturated heterocycles. The summed E-state index contributed by atoms with van der Waals surface area (Å²) >= 11 is 0. The molecule has 0 aromatic heterocycles. The van der Waals surface area contributed by atoms with Gasteiger partial charge in [-0.2, -0.15) is 13.2 Å². The number of ether oxygens (including phenoxy) is 1. The number of alkyl halides is 3. The van der Waals surface area contributed by atoms with Gasteiger partial charge in [-0.25, -0.2) is 4.79 Å². The van der Waals surface area contributed by atoms with Crippen molar-refractivity contribution in [1.82, 2.24) is 20.0 Å².